The van der Waals surface area contributed by atoms with Crippen LogP contribution < -0.4 is 5.32 Å². The maximum absolute atomic E-state index is 12.5. The van der Waals surface area contributed by atoms with Gasteiger partial charge in [0.05, 0.1) is 6.54 Å². The fourth-order valence-corrected chi connectivity index (χ4v) is 3.55. The molecule has 2 aliphatic heterocycles. The molecule has 2 fully saturated rings. The molecule has 2 rings (SSSR count). The number of hydrogen-bond donors (Lipinski definition) is 1. The van der Waals surface area contributed by atoms with Crippen LogP contribution in [-0.4, -0.2) is 61.5 Å². The van der Waals surface area contributed by atoms with Crippen LogP contribution in [-0.2, 0) is 4.79 Å². The molecule has 1 N–H and O–H groups in total. The first-order valence-corrected chi connectivity index (χ1v) is 7.91. The van der Waals surface area contributed by atoms with Crippen molar-refractivity contribution in [2.45, 2.75) is 45.1 Å². The Morgan fingerprint density at radius 2 is 2.11 bits per heavy atom. The molecule has 2 saturated heterocycles. The van der Waals surface area contributed by atoms with Crippen LogP contribution in [0.25, 0.3) is 0 Å². The molecule has 0 aromatic rings. The summed E-state index contributed by atoms with van der Waals surface area (Å²) in [6.45, 7) is 7.06. The standard InChI is InChI=1S/C15H29N3O/c1-3-14-6-4-5-8-18(14)15(19)12-17-9-7-13(11-17)10-16-2/h13-14,16H,3-12H2,1-2H3. The highest BCUT2D eigenvalue weighted by Gasteiger charge is 2.29. The lowest BCUT2D eigenvalue weighted by molar-refractivity contribution is -0.136. The Morgan fingerprint density at radius 3 is 2.84 bits per heavy atom. The molecule has 2 aliphatic rings. The summed E-state index contributed by atoms with van der Waals surface area (Å²) in [4.78, 5) is 16.9. The van der Waals surface area contributed by atoms with Crippen LogP contribution in [0, 0.1) is 5.92 Å². The van der Waals surface area contributed by atoms with Gasteiger partial charge in [0.15, 0.2) is 0 Å². The first-order valence-electron chi connectivity index (χ1n) is 7.91. The molecule has 19 heavy (non-hydrogen) atoms. The van der Waals surface area contributed by atoms with Crippen molar-refractivity contribution in [2.75, 3.05) is 39.8 Å². The van der Waals surface area contributed by atoms with Crippen molar-refractivity contribution >= 4 is 5.91 Å². The van der Waals surface area contributed by atoms with Gasteiger partial charge in [0, 0.05) is 19.1 Å². The number of nitrogens with one attached hydrogen (secondary N) is 1. The van der Waals surface area contributed by atoms with E-state index in [4.69, 9.17) is 0 Å². The van der Waals surface area contributed by atoms with Gasteiger partial charge in [0.25, 0.3) is 0 Å². The lowest BCUT2D eigenvalue weighted by Crippen LogP contribution is -2.47. The summed E-state index contributed by atoms with van der Waals surface area (Å²) in [6, 6.07) is 0.497. The predicted octanol–water partition coefficient (Wildman–Crippen LogP) is 1.32. The van der Waals surface area contributed by atoms with Gasteiger partial charge in [-0.25, -0.2) is 0 Å². The third-order valence-electron chi connectivity index (χ3n) is 4.64. The summed E-state index contributed by atoms with van der Waals surface area (Å²) >= 11 is 0. The van der Waals surface area contributed by atoms with Gasteiger partial charge in [0.1, 0.15) is 0 Å². The lowest BCUT2D eigenvalue weighted by atomic mass is 10.00. The van der Waals surface area contributed by atoms with Crippen molar-refractivity contribution in [1.29, 1.82) is 0 Å². The Bertz CT molecular complexity index is 295. The summed E-state index contributed by atoms with van der Waals surface area (Å²) in [5.41, 5.74) is 0. The van der Waals surface area contributed by atoms with Crippen LogP contribution in [0.15, 0.2) is 0 Å². The summed E-state index contributed by atoms with van der Waals surface area (Å²) in [5.74, 6) is 1.08. The average molecular weight is 267 g/mol. The van der Waals surface area contributed by atoms with Gasteiger partial charge in [-0.15, -0.1) is 0 Å². The van der Waals surface area contributed by atoms with Gasteiger partial charge in [-0.1, -0.05) is 6.92 Å². The van der Waals surface area contributed by atoms with Crippen LogP contribution in [0.3, 0.4) is 0 Å². The average Bonchev–Trinajstić information content (AvgIpc) is 2.86. The van der Waals surface area contributed by atoms with E-state index in [0.29, 0.717) is 18.5 Å². The minimum absolute atomic E-state index is 0.358. The molecule has 0 aromatic heterocycles. The van der Waals surface area contributed by atoms with Crippen LogP contribution >= 0.6 is 0 Å². The zero-order chi connectivity index (χ0) is 13.7. The normalized spacial score (nSPS) is 28.8. The van der Waals surface area contributed by atoms with Crippen molar-refractivity contribution in [3.05, 3.63) is 0 Å². The fourth-order valence-electron chi connectivity index (χ4n) is 3.55. The lowest BCUT2D eigenvalue weighted by Gasteiger charge is -2.36. The monoisotopic (exact) mass is 267 g/mol. The highest BCUT2D eigenvalue weighted by atomic mass is 16.2. The fraction of sp³-hybridized carbons (Fsp3) is 0.933. The molecule has 0 bridgehead atoms. The van der Waals surface area contributed by atoms with E-state index in [1.165, 1.54) is 25.7 Å². The van der Waals surface area contributed by atoms with Crippen molar-refractivity contribution in [3.63, 3.8) is 0 Å². The van der Waals surface area contributed by atoms with Crippen molar-refractivity contribution in [3.8, 4) is 0 Å². The Morgan fingerprint density at radius 1 is 1.26 bits per heavy atom. The topological polar surface area (TPSA) is 35.6 Å². The van der Waals surface area contributed by atoms with E-state index in [1.807, 2.05) is 7.05 Å². The summed E-state index contributed by atoms with van der Waals surface area (Å²) < 4.78 is 0. The molecule has 110 valence electrons. The van der Waals surface area contributed by atoms with E-state index in [0.717, 1.165) is 38.5 Å². The summed E-state index contributed by atoms with van der Waals surface area (Å²) in [7, 11) is 2.01. The SMILES string of the molecule is CCC1CCCCN1C(=O)CN1CCC(CNC)C1. The Balaban J connectivity index is 1.80. The van der Waals surface area contributed by atoms with Crippen LogP contribution in [0.5, 0.6) is 0 Å². The van der Waals surface area contributed by atoms with Crippen molar-refractivity contribution in [1.82, 2.24) is 15.1 Å². The quantitative estimate of drug-likeness (QED) is 0.816. The maximum Gasteiger partial charge on any atom is 0.236 e. The number of piperidine rings is 1. The highest BCUT2D eigenvalue weighted by molar-refractivity contribution is 5.78. The van der Waals surface area contributed by atoms with Gasteiger partial charge in [-0.2, -0.15) is 0 Å². The molecule has 0 aromatic carbocycles. The van der Waals surface area contributed by atoms with E-state index in [1.54, 1.807) is 0 Å². The largest absolute Gasteiger partial charge is 0.339 e. The molecule has 4 nitrogen and oxygen atoms in total. The third-order valence-corrected chi connectivity index (χ3v) is 4.64. The van der Waals surface area contributed by atoms with Gasteiger partial charge in [-0.3, -0.25) is 9.69 Å². The second-order valence-corrected chi connectivity index (χ2v) is 6.09. The second-order valence-electron chi connectivity index (χ2n) is 6.09. The van der Waals surface area contributed by atoms with Crippen LogP contribution in [0.2, 0.25) is 0 Å². The minimum Gasteiger partial charge on any atom is -0.339 e. The first kappa shape index (κ1) is 14.8. The third kappa shape index (κ3) is 3.93. The Hall–Kier alpha value is -0.610. The summed E-state index contributed by atoms with van der Waals surface area (Å²) in [5, 5.41) is 3.24. The molecule has 2 unspecified atom stereocenters. The van der Waals surface area contributed by atoms with Gasteiger partial charge in [-0.05, 0) is 58.2 Å². The number of hydrogen-bond acceptors (Lipinski definition) is 3. The maximum atomic E-state index is 12.5. The summed E-state index contributed by atoms with van der Waals surface area (Å²) in [6.07, 6.45) is 6.00. The molecular formula is C15H29N3O. The Labute approximate surface area is 117 Å². The Kier molecular flexibility index (Phi) is 5.64. The van der Waals surface area contributed by atoms with Gasteiger partial charge >= 0.3 is 0 Å². The van der Waals surface area contributed by atoms with E-state index in [-0.39, 0.29) is 0 Å². The number of carbonyl (C=O) groups is 1. The van der Waals surface area contributed by atoms with Crippen LogP contribution in [0.4, 0.5) is 0 Å². The predicted molar refractivity (Wildman–Crippen MR) is 78.1 cm³/mol. The number of nitrogens with zero attached hydrogens (tertiary/aromatic N) is 2. The molecule has 4 heteroatoms. The molecule has 2 heterocycles. The minimum atomic E-state index is 0.358. The molecule has 2 atom stereocenters. The van der Waals surface area contributed by atoms with E-state index < -0.39 is 0 Å². The number of carbonyl (C=O) groups excluding carboxylic acids is 1. The molecule has 0 spiro atoms. The smallest absolute Gasteiger partial charge is 0.236 e. The zero-order valence-electron chi connectivity index (χ0n) is 12.5. The van der Waals surface area contributed by atoms with E-state index in [2.05, 4.69) is 22.0 Å². The van der Waals surface area contributed by atoms with Crippen molar-refractivity contribution in [2.24, 2.45) is 5.92 Å². The van der Waals surface area contributed by atoms with E-state index in [9.17, 15) is 4.79 Å². The van der Waals surface area contributed by atoms with Gasteiger partial charge in [0.2, 0.25) is 5.91 Å². The molecular weight excluding hydrogens is 238 g/mol. The molecule has 1 amide bonds. The second kappa shape index (κ2) is 7.25. The molecule has 0 radical (unpaired) electrons. The number of amides is 1. The molecule has 0 aliphatic carbocycles. The van der Waals surface area contributed by atoms with Gasteiger partial charge < -0.3 is 10.2 Å². The van der Waals surface area contributed by atoms with Crippen molar-refractivity contribution < 1.29 is 4.79 Å². The number of likely N-dealkylation sites (tertiary alicyclic amines) is 2. The first-order chi connectivity index (χ1) is 9.24. The zero-order valence-corrected chi connectivity index (χ0v) is 12.5. The number of rotatable bonds is 5. The molecule has 0 saturated carbocycles. The van der Waals surface area contributed by atoms with E-state index >= 15 is 0 Å². The highest BCUT2D eigenvalue weighted by Crippen LogP contribution is 2.21. The van der Waals surface area contributed by atoms with Crippen LogP contribution in [0.1, 0.15) is 39.0 Å².